The number of esters is 1. The molecule has 26 heavy (non-hydrogen) atoms. The molecule has 0 radical (unpaired) electrons. The zero-order chi connectivity index (χ0) is 18.1. The molecule has 0 saturated heterocycles. The number of nitrogens with zero attached hydrogens (tertiary/aromatic N) is 2. The predicted octanol–water partition coefficient (Wildman–Crippen LogP) is 3.77. The number of aromatic nitrogens is 2. The highest BCUT2D eigenvalue weighted by Crippen LogP contribution is 2.43. The molecule has 0 amide bonds. The van der Waals surface area contributed by atoms with Crippen LogP contribution in [0, 0.1) is 5.92 Å². The maximum absolute atomic E-state index is 12.1. The summed E-state index contributed by atoms with van der Waals surface area (Å²) in [4.78, 5) is 12.1. The van der Waals surface area contributed by atoms with E-state index in [2.05, 4.69) is 29.4 Å². The zero-order valence-electron chi connectivity index (χ0n) is 15.4. The van der Waals surface area contributed by atoms with Gasteiger partial charge in [0.2, 0.25) is 0 Å². The lowest BCUT2D eigenvalue weighted by Gasteiger charge is -2.28. The average molecular weight is 353 g/mol. The van der Waals surface area contributed by atoms with Crippen LogP contribution in [0.5, 0.6) is 0 Å². The summed E-state index contributed by atoms with van der Waals surface area (Å²) in [6.45, 7) is 0.781. The molecule has 1 aromatic heterocycles. The van der Waals surface area contributed by atoms with Crippen LogP contribution in [0.4, 0.5) is 0 Å². The average Bonchev–Trinajstić information content (AvgIpc) is 3.45. The fourth-order valence-electron chi connectivity index (χ4n) is 4.30. The molecule has 0 aliphatic heterocycles. The van der Waals surface area contributed by atoms with Crippen LogP contribution in [0.25, 0.3) is 5.69 Å². The van der Waals surface area contributed by atoms with Crippen molar-refractivity contribution in [2.75, 3.05) is 13.7 Å². The molecule has 2 saturated carbocycles. The highest BCUT2D eigenvalue weighted by molar-refractivity contribution is 5.90. The highest BCUT2D eigenvalue weighted by Gasteiger charge is 2.33. The quantitative estimate of drug-likeness (QED) is 0.831. The van der Waals surface area contributed by atoms with Gasteiger partial charge < -0.3 is 10.5 Å². The number of carbonyl (C=O) groups excluding carboxylic acids is 1. The van der Waals surface area contributed by atoms with Crippen molar-refractivity contribution < 1.29 is 9.53 Å². The van der Waals surface area contributed by atoms with Gasteiger partial charge in [-0.1, -0.05) is 18.6 Å². The maximum atomic E-state index is 12.1. The summed E-state index contributed by atoms with van der Waals surface area (Å²) in [5, 5.41) is 4.53. The number of methoxy groups -OCH3 is 1. The van der Waals surface area contributed by atoms with E-state index in [1.54, 1.807) is 6.20 Å². The monoisotopic (exact) mass is 353 g/mol. The molecule has 0 bridgehead atoms. The molecule has 2 unspecified atom stereocenters. The molecule has 1 heterocycles. The van der Waals surface area contributed by atoms with Crippen molar-refractivity contribution in [3.05, 3.63) is 47.3 Å². The van der Waals surface area contributed by atoms with Crippen LogP contribution < -0.4 is 5.73 Å². The van der Waals surface area contributed by atoms with Crippen LogP contribution >= 0.6 is 0 Å². The van der Waals surface area contributed by atoms with E-state index in [0.717, 1.165) is 30.8 Å². The maximum Gasteiger partial charge on any atom is 0.341 e. The van der Waals surface area contributed by atoms with E-state index in [4.69, 9.17) is 10.5 Å². The number of carbonyl (C=O) groups is 1. The molecule has 2 fully saturated rings. The van der Waals surface area contributed by atoms with Gasteiger partial charge in [-0.25, -0.2) is 9.48 Å². The molecular weight excluding hydrogens is 326 g/mol. The third-order valence-corrected chi connectivity index (χ3v) is 5.88. The number of nitrogens with two attached hydrogens (primary N) is 1. The molecule has 2 aliphatic carbocycles. The number of hydrogen-bond donors (Lipinski definition) is 1. The minimum absolute atomic E-state index is 0.299. The molecule has 1 aromatic carbocycles. The van der Waals surface area contributed by atoms with Gasteiger partial charge in [0.25, 0.3) is 0 Å². The van der Waals surface area contributed by atoms with Gasteiger partial charge in [0.15, 0.2) is 0 Å². The Kier molecular flexibility index (Phi) is 4.81. The van der Waals surface area contributed by atoms with E-state index in [1.807, 2.05) is 4.68 Å². The smallest absolute Gasteiger partial charge is 0.341 e. The molecule has 5 heteroatoms. The first-order valence-corrected chi connectivity index (χ1v) is 9.68. The summed E-state index contributed by atoms with van der Waals surface area (Å²) < 4.78 is 6.88. The van der Waals surface area contributed by atoms with Crippen molar-refractivity contribution in [1.29, 1.82) is 0 Å². The minimum atomic E-state index is -0.299. The fourth-order valence-corrected chi connectivity index (χ4v) is 4.30. The van der Waals surface area contributed by atoms with E-state index in [9.17, 15) is 4.79 Å². The lowest BCUT2D eigenvalue weighted by molar-refractivity contribution is 0.0599. The van der Waals surface area contributed by atoms with Crippen molar-refractivity contribution in [1.82, 2.24) is 9.78 Å². The van der Waals surface area contributed by atoms with Crippen molar-refractivity contribution in [2.45, 2.75) is 50.4 Å². The summed E-state index contributed by atoms with van der Waals surface area (Å²) in [6.07, 6.45) is 8.76. The Morgan fingerprint density at radius 2 is 2.12 bits per heavy atom. The Morgan fingerprint density at radius 3 is 2.85 bits per heavy atom. The Morgan fingerprint density at radius 1 is 1.27 bits per heavy atom. The molecular formula is C21H27N3O2. The van der Waals surface area contributed by atoms with Crippen LogP contribution in [0.15, 0.2) is 30.5 Å². The lowest BCUT2D eigenvalue weighted by Crippen LogP contribution is -2.21. The van der Waals surface area contributed by atoms with Gasteiger partial charge in [0, 0.05) is 5.92 Å². The number of hydrogen-bond acceptors (Lipinski definition) is 4. The van der Waals surface area contributed by atoms with Gasteiger partial charge in [0.1, 0.15) is 5.56 Å². The summed E-state index contributed by atoms with van der Waals surface area (Å²) in [6, 6.07) is 8.64. The predicted molar refractivity (Wildman–Crippen MR) is 101 cm³/mol. The second kappa shape index (κ2) is 7.23. The van der Waals surface area contributed by atoms with Crippen LogP contribution in [-0.2, 0) is 4.74 Å². The molecule has 5 nitrogen and oxygen atoms in total. The Balaban J connectivity index is 1.67. The second-order valence-electron chi connectivity index (χ2n) is 7.68. The number of rotatable bonds is 5. The van der Waals surface area contributed by atoms with Gasteiger partial charge in [0.05, 0.1) is 24.7 Å². The van der Waals surface area contributed by atoms with E-state index in [-0.39, 0.29) is 5.97 Å². The first kappa shape index (κ1) is 17.3. The summed E-state index contributed by atoms with van der Waals surface area (Å²) in [5.41, 5.74) is 9.90. The van der Waals surface area contributed by atoms with Gasteiger partial charge in [-0.05, 0) is 68.2 Å². The van der Waals surface area contributed by atoms with Crippen molar-refractivity contribution >= 4 is 5.97 Å². The summed E-state index contributed by atoms with van der Waals surface area (Å²) in [5.74, 6) is 1.31. The zero-order valence-corrected chi connectivity index (χ0v) is 15.4. The van der Waals surface area contributed by atoms with Crippen molar-refractivity contribution in [3.8, 4) is 5.69 Å². The summed E-state index contributed by atoms with van der Waals surface area (Å²) in [7, 11) is 1.42. The Hall–Kier alpha value is -2.14. The van der Waals surface area contributed by atoms with E-state index in [0.29, 0.717) is 23.3 Å². The van der Waals surface area contributed by atoms with Crippen molar-refractivity contribution in [3.63, 3.8) is 0 Å². The van der Waals surface area contributed by atoms with E-state index >= 15 is 0 Å². The molecule has 2 N–H and O–H groups in total. The summed E-state index contributed by atoms with van der Waals surface area (Å²) >= 11 is 0. The van der Waals surface area contributed by atoms with Crippen LogP contribution in [0.2, 0.25) is 0 Å². The molecule has 0 spiro atoms. The van der Waals surface area contributed by atoms with Crippen LogP contribution in [0.3, 0.4) is 0 Å². The highest BCUT2D eigenvalue weighted by atomic mass is 16.5. The Bertz CT molecular complexity index is 794. The van der Waals surface area contributed by atoms with Crippen LogP contribution in [-0.4, -0.2) is 29.4 Å². The third-order valence-electron chi connectivity index (χ3n) is 5.88. The molecule has 2 aromatic rings. The normalized spacial score (nSPS) is 23.0. The SMILES string of the molecule is COC(=O)c1cnn(-c2cccc(C3CCCC(CN)C3)c2)c1C1CC1. The van der Waals surface area contributed by atoms with Gasteiger partial charge in [-0.15, -0.1) is 0 Å². The van der Waals surface area contributed by atoms with Gasteiger partial charge >= 0.3 is 5.97 Å². The standard InChI is InChI=1S/C21H27N3O2/c1-26-21(25)19-13-23-24(20(19)15-8-9-15)18-7-3-6-17(11-18)16-5-2-4-14(10-16)12-22/h3,6-7,11,13-16H,2,4-5,8-10,12,22H2,1H3. The Labute approximate surface area is 154 Å². The lowest BCUT2D eigenvalue weighted by atomic mass is 9.78. The minimum Gasteiger partial charge on any atom is -0.465 e. The second-order valence-corrected chi connectivity index (χ2v) is 7.68. The molecule has 4 rings (SSSR count). The molecule has 2 atom stereocenters. The largest absolute Gasteiger partial charge is 0.465 e. The molecule has 138 valence electrons. The van der Waals surface area contributed by atoms with Gasteiger partial charge in [-0.2, -0.15) is 5.10 Å². The molecule has 2 aliphatic rings. The third kappa shape index (κ3) is 3.28. The topological polar surface area (TPSA) is 70.1 Å². The van der Waals surface area contributed by atoms with Crippen LogP contribution in [0.1, 0.15) is 72.0 Å². The number of ether oxygens (including phenoxy) is 1. The number of benzene rings is 1. The first-order valence-electron chi connectivity index (χ1n) is 9.68. The van der Waals surface area contributed by atoms with Crippen molar-refractivity contribution in [2.24, 2.45) is 11.7 Å². The van der Waals surface area contributed by atoms with E-state index in [1.165, 1.54) is 38.4 Å². The fraction of sp³-hybridized carbons (Fsp3) is 0.524. The van der Waals surface area contributed by atoms with Gasteiger partial charge in [-0.3, -0.25) is 0 Å². The van der Waals surface area contributed by atoms with E-state index < -0.39 is 0 Å². The first-order chi connectivity index (χ1) is 12.7.